The second kappa shape index (κ2) is 4.60. The highest BCUT2D eigenvalue weighted by molar-refractivity contribution is 4.89. The van der Waals surface area contributed by atoms with Gasteiger partial charge in [-0.05, 0) is 32.2 Å². The lowest BCUT2D eigenvalue weighted by Gasteiger charge is -2.25. The molecule has 2 bridgehead atoms. The number of nitrogens with zero attached hydrogens (tertiary/aromatic N) is 1. The van der Waals surface area contributed by atoms with Crippen LogP contribution in [-0.2, 0) is 0 Å². The Morgan fingerprint density at radius 1 is 1.36 bits per heavy atom. The largest absolute Gasteiger partial charge is 0.392 e. The van der Waals surface area contributed by atoms with Crippen molar-refractivity contribution in [2.75, 3.05) is 19.6 Å². The summed E-state index contributed by atoms with van der Waals surface area (Å²) in [5.41, 5.74) is 0. The second-order valence-corrected chi connectivity index (χ2v) is 4.75. The molecule has 0 aliphatic carbocycles. The molecule has 3 heteroatoms. The summed E-state index contributed by atoms with van der Waals surface area (Å²) in [6.45, 7) is 5.20. The maximum atomic E-state index is 9.61. The lowest BCUT2D eigenvalue weighted by atomic mass is 10.1. The van der Waals surface area contributed by atoms with Gasteiger partial charge in [-0.15, -0.1) is 0 Å². The number of rotatable bonds is 3. The molecule has 2 aliphatic heterocycles. The van der Waals surface area contributed by atoms with E-state index in [1.165, 1.54) is 19.3 Å². The molecule has 2 fully saturated rings. The van der Waals surface area contributed by atoms with Crippen molar-refractivity contribution in [1.29, 1.82) is 0 Å². The highest BCUT2D eigenvalue weighted by Crippen LogP contribution is 2.20. The van der Waals surface area contributed by atoms with Gasteiger partial charge in [0.25, 0.3) is 0 Å². The molecule has 14 heavy (non-hydrogen) atoms. The van der Waals surface area contributed by atoms with Gasteiger partial charge in [-0.25, -0.2) is 0 Å². The number of aliphatic hydroxyl groups is 1. The van der Waals surface area contributed by atoms with E-state index in [0.29, 0.717) is 6.04 Å². The zero-order valence-corrected chi connectivity index (χ0v) is 9.08. The highest BCUT2D eigenvalue weighted by atomic mass is 16.3. The summed E-state index contributed by atoms with van der Waals surface area (Å²) in [6, 6.07) is 1.44. The Kier molecular flexibility index (Phi) is 3.42. The molecule has 82 valence electrons. The molecule has 2 saturated heterocycles. The van der Waals surface area contributed by atoms with Gasteiger partial charge < -0.3 is 10.4 Å². The Labute approximate surface area is 86.5 Å². The van der Waals surface area contributed by atoms with E-state index >= 15 is 0 Å². The van der Waals surface area contributed by atoms with Crippen molar-refractivity contribution in [1.82, 2.24) is 10.2 Å². The van der Waals surface area contributed by atoms with Gasteiger partial charge in [0, 0.05) is 25.2 Å². The number of hydrogen-bond donors (Lipinski definition) is 2. The summed E-state index contributed by atoms with van der Waals surface area (Å²) in [5.74, 6) is 0. The molecular weight excluding hydrogens is 176 g/mol. The van der Waals surface area contributed by atoms with E-state index in [1.54, 1.807) is 0 Å². The fourth-order valence-corrected chi connectivity index (χ4v) is 2.61. The fourth-order valence-electron chi connectivity index (χ4n) is 2.61. The third kappa shape index (κ3) is 2.47. The Morgan fingerprint density at radius 3 is 2.93 bits per heavy atom. The Bertz CT molecular complexity index is 186. The van der Waals surface area contributed by atoms with Crippen LogP contribution in [0.15, 0.2) is 0 Å². The molecule has 0 radical (unpaired) electrons. The summed E-state index contributed by atoms with van der Waals surface area (Å²) >= 11 is 0. The Balaban J connectivity index is 1.82. The molecule has 2 unspecified atom stereocenters. The number of likely N-dealkylation sites (tertiary alicyclic amines) is 1. The van der Waals surface area contributed by atoms with Gasteiger partial charge in [0.1, 0.15) is 0 Å². The molecule has 2 rings (SSSR count). The number of hydrogen-bond acceptors (Lipinski definition) is 3. The Hall–Kier alpha value is -0.120. The van der Waals surface area contributed by atoms with Gasteiger partial charge >= 0.3 is 0 Å². The van der Waals surface area contributed by atoms with Crippen LogP contribution in [0.1, 0.15) is 32.6 Å². The molecule has 2 N–H and O–H groups in total. The van der Waals surface area contributed by atoms with Gasteiger partial charge in [-0.2, -0.15) is 0 Å². The van der Waals surface area contributed by atoms with Crippen LogP contribution in [-0.4, -0.2) is 47.8 Å². The molecule has 3 nitrogen and oxygen atoms in total. The van der Waals surface area contributed by atoms with Crippen LogP contribution in [0.5, 0.6) is 0 Å². The molecule has 0 spiro atoms. The van der Waals surface area contributed by atoms with E-state index in [2.05, 4.69) is 10.2 Å². The van der Waals surface area contributed by atoms with Gasteiger partial charge in [0.2, 0.25) is 0 Å². The first kappa shape index (κ1) is 10.4. The third-order valence-corrected chi connectivity index (χ3v) is 3.55. The third-order valence-electron chi connectivity index (χ3n) is 3.55. The highest BCUT2D eigenvalue weighted by Gasteiger charge is 2.29. The molecule has 0 saturated carbocycles. The van der Waals surface area contributed by atoms with Crippen LogP contribution in [0, 0.1) is 0 Å². The smallest absolute Gasteiger partial charge is 0.0664 e. The predicted molar refractivity (Wildman–Crippen MR) is 57.3 cm³/mol. The van der Waals surface area contributed by atoms with E-state index in [0.717, 1.165) is 32.1 Å². The molecular formula is C11H22N2O. The van der Waals surface area contributed by atoms with Gasteiger partial charge in [-0.3, -0.25) is 4.90 Å². The molecule has 0 aromatic rings. The number of β-amino-alcohol motifs (C(OH)–C–C–N with tert-alkyl or cyclic N) is 1. The molecule has 0 aromatic carbocycles. The maximum absolute atomic E-state index is 9.61. The Morgan fingerprint density at radius 2 is 2.14 bits per heavy atom. The molecule has 2 heterocycles. The average molecular weight is 198 g/mol. The van der Waals surface area contributed by atoms with E-state index in [1.807, 2.05) is 6.92 Å². The van der Waals surface area contributed by atoms with Crippen molar-refractivity contribution in [3.05, 3.63) is 0 Å². The monoisotopic (exact) mass is 198 g/mol. The number of fused-ring (bicyclic) bond motifs is 2. The van der Waals surface area contributed by atoms with Gasteiger partial charge in [0.05, 0.1) is 6.10 Å². The number of aliphatic hydroxyl groups excluding tert-OH is 1. The number of nitrogens with one attached hydrogen (secondary N) is 1. The zero-order valence-electron chi connectivity index (χ0n) is 9.08. The first-order valence-corrected chi connectivity index (χ1v) is 5.94. The van der Waals surface area contributed by atoms with Crippen molar-refractivity contribution < 1.29 is 5.11 Å². The second-order valence-electron chi connectivity index (χ2n) is 4.75. The van der Waals surface area contributed by atoms with Crippen LogP contribution in [0.2, 0.25) is 0 Å². The van der Waals surface area contributed by atoms with E-state index < -0.39 is 0 Å². The lowest BCUT2D eigenvalue weighted by Crippen LogP contribution is -2.39. The summed E-state index contributed by atoms with van der Waals surface area (Å²) in [5, 5.41) is 13.3. The normalized spacial score (nSPS) is 35.6. The minimum absolute atomic E-state index is 0.133. The molecule has 0 amide bonds. The van der Waals surface area contributed by atoms with Crippen molar-refractivity contribution in [3.8, 4) is 0 Å². The first-order chi connectivity index (χ1) is 6.78. The van der Waals surface area contributed by atoms with Crippen LogP contribution >= 0.6 is 0 Å². The van der Waals surface area contributed by atoms with Crippen molar-refractivity contribution in [3.63, 3.8) is 0 Å². The van der Waals surface area contributed by atoms with Crippen molar-refractivity contribution in [2.24, 2.45) is 0 Å². The van der Waals surface area contributed by atoms with Crippen LogP contribution < -0.4 is 5.32 Å². The molecule has 2 aliphatic rings. The van der Waals surface area contributed by atoms with Gasteiger partial charge in [-0.1, -0.05) is 6.92 Å². The summed E-state index contributed by atoms with van der Waals surface area (Å²) in [7, 11) is 0. The standard InChI is InChI=1S/C11H22N2O/c1-2-11(14)8-13-6-5-9-3-4-10(7-13)12-9/h9-12,14H,2-8H2,1H3/t9?,10?,11-/m0/s1. The summed E-state index contributed by atoms with van der Waals surface area (Å²) < 4.78 is 0. The zero-order chi connectivity index (χ0) is 9.97. The van der Waals surface area contributed by atoms with Crippen LogP contribution in [0.4, 0.5) is 0 Å². The molecule has 3 atom stereocenters. The van der Waals surface area contributed by atoms with Crippen molar-refractivity contribution >= 4 is 0 Å². The molecule has 0 aromatic heterocycles. The van der Waals surface area contributed by atoms with Crippen LogP contribution in [0.25, 0.3) is 0 Å². The minimum atomic E-state index is -0.133. The average Bonchev–Trinajstić information content (AvgIpc) is 2.50. The lowest BCUT2D eigenvalue weighted by molar-refractivity contribution is 0.106. The SMILES string of the molecule is CC[C@H](O)CN1CCC2CCC(C1)N2. The summed E-state index contributed by atoms with van der Waals surface area (Å²) in [6.07, 6.45) is 4.68. The van der Waals surface area contributed by atoms with Crippen molar-refractivity contribution in [2.45, 2.75) is 50.8 Å². The van der Waals surface area contributed by atoms with E-state index in [-0.39, 0.29) is 6.10 Å². The first-order valence-electron chi connectivity index (χ1n) is 5.94. The summed E-state index contributed by atoms with van der Waals surface area (Å²) in [4.78, 5) is 2.42. The van der Waals surface area contributed by atoms with Crippen LogP contribution in [0.3, 0.4) is 0 Å². The topological polar surface area (TPSA) is 35.5 Å². The maximum Gasteiger partial charge on any atom is 0.0664 e. The minimum Gasteiger partial charge on any atom is -0.392 e. The van der Waals surface area contributed by atoms with Gasteiger partial charge in [0.15, 0.2) is 0 Å². The quantitative estimate of drug-likeness (QED) is 0.696. The van der Waals surface area contributed by atoms with E-state index in [4.69, 9.17) is 0 Å². The van der Waals surface area contributed by atoms with E-state index in [9.17, 15) is 5.11 Å². The predicted octanol–water partition coefficient (Wildman–Crippen LogP) is 0.584. The fraction of sp³-hybridized carbons (Fsp3) is 1.00.